The van der Waals surface area contributed by atoms with Gasteiger partial charge in [-0.3, -0.25) is 0 Å². The molecule has 0 aliphatic rings. The van der Waals surface area contributed by atoms with Gasteiger partial charge in [0.2, 0.25) is 0 Å². The summed E-state index contributed by atoms with van der Waals surface area (Å²) in [6.45, 7) is 11.5. The Kier molecular flexibility index (Phi) is 16.1. The average molecular weight is 304 g/mol. The minimum atomic E-state index is -0.0806. The molecule has 0 aliphatic heterocycles. The first-order chi connectivity index (χ1) is 10.3. The van der Waals surface area contributed by atoms with Crippen molar-refractivity contribution in [2.75, 3.05) is 26.4 Å². The second kappa shape index (κ2) is 16.2. The summed E-state index contributed by atoms with van der Waals surface area (Å²) in [7, 11) is 0. The normalized spacial score (nSPS) is 11.7. The van der Waals surface area contributed by atoms with Crippen LogP contribution >= 0.6 is 0 Å². The van der Waals surface area contributed by atoms with Gasteiger partial charge in [0.15, 0.2) is 12.6 Å². The molecule has 0 aromatic heterocycles. The van der Waals surface area contributed by atoms with E-state index in [0.717, 1.165) is 71.4 Å². The maximum Gasteiger partial charge on any atom is 0.157 e. The van der Waals surface area contributed by atoms with E-state index in [1.165, 1.54) is 0 Å². The van der Waals surface area contributed by atoms with Crippen molar-refractivity contribution >= 4 is 0 Å². The standard InChI is InChI=1S/C17H36O4/c1-5-12-18-16(19-13-6-2)10-9-11-17(20-14-7-3)21-15-8-4/h16-17H,5-15H2,1-4H3. The van der Waals surface area contributed by atoms with Crippen molar-refractivity contribution in [1.82, 2.24) is 0 Å². The molecule has 0 unspecified atom stereocenters. The van der Waals surface area contributed by atoms with Crippen LogP contribution in [0.4, 0.5) is 0 Å². The quantitative estimate of drug-likeness (QED) is 0.393. The lowest BCUT2D eigenvalue weighted by Gasteiger charge is -2.21. The van der Waals surface area contributed by atoms with Gasteiger partial charge >= 0.3 is 0 Å². The van der Waals surface area contributed by atoms with Crippen molar-refractivity contribution < 1.29 is 18.9 Å². The highest BCUT2D eigenvalue weighted by atomic mass is 16.7. The second-order valence-corrected chi connectivity index (χ2v) is 5.27. The van der Waals surface area contributed by atoms with E-state index in [2.05, 4.69) is 27.7 Å². The van der Waals surface area contributed by atoms with Gasteiger partial charge in [0.25, 0.3) is 0 Å². The first kappa shape index (κ1) is 20.8. The molecule has 128 valence electrons. The zero-order valence-corrected chi connectivity index (χ0v) is 14.6. The highest BCUT2D eigenvalue weighted by molar-refractivity contribution is 4.52. The van der Waals surface area contributed by atoms with Crippen LogP contribution in [0.2, 0.25) is 0 Å². The van der Waals surface area contributed by atoms with E-state index < -0.39 is 0 Å². The van der Waals surface area contributed by atoms with Crippen LogP contribution in [0.3, 0.4) is 0 Å². The van der Waals surface area contributed by atoms with E-state index in [-0.39, 0.29) is 12.6 Å². The van der Waals surface area contributed by atoms with Gasteiger partial charge in [-0.1, -0.05) is 27.7 Å². The van der Waals surface area contributed by atoms with Crippen LogP contribution in [0.15, 0.2) is 0 Å². The van der Waals surface area contributed by atoms with Crippen molar-refractivity contribution in [1.29, 1.82) is 0 Å². The van der Waals surface area contributed by atoms with Crippen molar-refractivity contribution in [3.8, 4) is 0 Å². The van der Waals surface area contributed by atoms with Gasteiger partial charge in [-0.2, -0.15) is 0 Å². The summed E-state index contributed by atoms with van der Waals surface area (Å²) in [5, 5.41) is 0. The van der Waals surface area contributed by atoms with Gasteiger partial charge in [0, 0.05) is 26.4 Å². The zero-order valence-electron chi connectivity index (χ0n) is 14.6. The number of hydrogen-bond acceptors (Lipinski definition) is 4. The highest BCUT2D eigenvalue weighted by Crippen LogP contribution is 2.13. The topological polar surface area (TPSA) is 36.9 Å². The Morgan fingerprint density at radius 3 is 1.05 bits per heavy atom. The van der Waals surface area contributed by atoms with E-state index in [9.17, 15) is 0 Å². The summed E-state index contributed by atoms with van der Waals surface area (Å²) in [6.07, 6.45) is 6.73. The molecule has 4 nitrogen and oxygen atoms in total. The fraction of sp³-hybridized carbons (Fsp3) is 1.00. The maximum absolute atomic E-state index is 5.73. The molecule has 0 rings (SSSR count). The number of hydrogen-bond donors (Lipinski definition) is 0. The molecule has 0 saturated heterocycles. The fourth-order valence-corrected chi connectivity index (χ4v) is 1.88. The summed E-state index contributed by atoms with van der Waals surface area (Å²) in [5.41, 5.74) is 0. The van der Waals surface area contributed by atoms with E-state index >= 15 is 0 Å². The number of rotatable bonds is 16. The van der Waals surface area contributed by atoms with Gasteiger partial charge in [-0.15, -0.1) is 0 Å². The smallest absolute Gasteiger partial charge is 0.157 e. The predicted molar refractivity (Wildman–Crippen MR) is 86.4 cm³/mol. The minimum Gasteiger partial charge on any atom is -0.353 e. The molecule has 0 aliphatic carbocycles. The summed E-state index contributed by atoms with van der Waals surface area (Å²) in [6, 6.07) is 0. The van der Waals surface area contributed by atoms with Crippen molar-refractivity contribution in [2.24, 2.45) is 0 Å². The third-order valence-electron chi connectivity index (χ3n) is 2.91. The Balaban J connectivity index is 3.96. The van der Waals surface area contributed by atoms with Crippen LogP contribution in [0.5, 0.6) is 0 Å². The lowest BCUT2D eigenvalue weighted by atomic mass is 10.2. The zero-order chi connectivity index (χ0) is 15.8. The first-order valence-corrected chi connectivity index (χ1v) is 8.74. The van der Waals surface area contributed by atoms with Crippen LogP contribution in [-0.4, -0.2) is 39.0 Å². The van der Waals surface area contributed by atoms with Gasteiger partial charge in [0.05, 0.1) is 0 Å². The van der Waals surface area contributed by atoms with Crippen LogP contribution in [-0.2, 0) is 18.9 Å². The Morgan fingerprint density at radius 1 is 0.524 bits per heavy atom. The Hall–Kier alpha value is -0.160. The van der Waals surface area contributed by atoms with Crippen molar-refractivity contribution in [3.05, 3.63) is 0 Å². The molecule has 0 bridgehead atoms. The summed E-state index contributed by atoms with van der Waals surface area (Å²) >= 11 is 0. The minimum absolute atomic E-state index is 0.0806. The lowest BCUT2D eigenvalue weighted by Crippen LogP contribution is -2.22. The van der Waals surface area contributed by atoms with Crippen LogP contribution < -0.4 is 0 Å². The molecule has 0 fully saturated rings. The summed E-state index contributed by atoms with van der Waals surface area (Å²) < 4.78 is 22.9. The molecule has 0 radical (unpaired) electrons. The maximum atomic E-state index is 5.73. The van der Waals surface area contributed by atoms with E-state index in [4.69, 9.17) is 18.9 Å². The molecule has 0 N–H and O–H groups in total. The van der Waals surface area contributed by atoms with E-state index in [1.54, 1.807) is 0 Å². The molecule has 0 spiro atoms. The second-order valence-electron chi connectivity index (χ2n) is 5.27. The molecule has 4 heteroatoms. The molecular formula is C17H36O4. The first-order valence-electron chi connectivity index (χ1n) is 8.74. The van der Waals surface area contributed by atoms with Crippen LogP contribution in [0.1, 0.15) is 72.6 Å². The Bertz CT molecular complexity index is 163. The molecule has 0 aromatic rings. The summed E-state index contributed by atoms with van der Waals surface area (Å²) in [5.74, 6) is 0. The van der Waals surface area contributed by atoms with E-state index in [0.29, 0.717) is 0 Å². The van der Waals surface area contributed by atoms with Crippen LogP contribution in [0, 0.1) is 0 Å². The van der Waals surface area contributed by atoms with E-state index in [1.807, 2.05) is 0 Å². The largest absolute Gasteiger partial charge is 0.353 e. The summed E-state index contributed by atoms with van der Waals surface area (Å²) in [4.78, 5) is 0. The SMILES string of the molecule is CCCOC(CCCC(OCCC)OCCC)OCCC. The molecule has 0 saturated carbocycles. The highest BCUT2D eigenvalue weighted by Gasteiger charge is 2.13. The van der Waals surface area contributed by atoms with Crippen molar-refractivity contribution in [3.63, 3.8) is 0 Å². The van der Waals surface area contributed by atoms with Gasteiger partial charge in [0.1, 0.15) is 0 Å². The van der Waals surface area contributed by atoms with Crippen molar-refractivity contribution in [2.45, 2.75) is 85.2 Å². The third kappa shape index (κ3) is 13.2. The number of ether oxygens (including phenoxy) is 4. The molecular weight excluding hydrogens is 268 g/mol. The van der Waals surface area contributed by atoms with Gasteiger partial charge < -0.3 is 18.9 Å². The van der Waals surface area contributed by atoms with Gasteiger partial charge in [-0.25, -0.2) is 0 Å². The predicted octanol–water partition coefficient (Wildman–Crippen LogP) is 4.52. The third-order valence-corrected chi connectivity index (χ3v) is 2.91. The molecule has 0 heterocycles. The molecule has 21 heavy (non-hydrogen) atoms. The Morgan fingerprint density at radius 2 is 0.810 bits per heavy atom. The Labute approximate surface area is 131 Å². The monoisotopic (exact) mass is 304 g/mol. The lowest BCUT2D eigenvalue weighted by molar-refractivity contribution is -0.161. The molecule has 0 atom stereocenters. The van der Waals surface area contributed by atoms with Gasteiger partial charge in [-0.05, 0) is 44.9 Å². The fourth-order valence-electron chi connectivity index (χ4n) is 1.88. The average Bonchev–Trinajstić information content (AvgIpc) is 2.51. The van der Waals surface area contributed by atoms with Crippen LogP contribution in [0.25, 0.3) is 0 Å². The molecule has 0 amide bonds. The molecule has 0 aromatic carbocycles.